The number of rotatable bonds is 3. The number of aromatic amines is 1. The number of Topliss-reactive ketones (excluding diaryl/α,β-unsaturated/α-hetero) is 1. The lowest BCUT2D eigenvalue weighted by Gasteiger charge is -2.55. The van der Waals surface area contributed by atoms with Crippen LogP contribution >= 0.6 is 0 Å². The largest absolute Gasteiger partial charge is 0.295 e. The molecule has 0 radical (unpaired) electrons. The maximum absolute atomic E-state index is 12.7. The molecular weight excluding hydrogens is 224 g/mol. The molecule has 0 spiro atoms. The van der Waals surface area contributed by atoms with Crippen molar-refractivity contribution >= 4 is 5.78 Å². The molecule has 4 fully saturated rings. The highest BCUT2D eigenvalue weighted by atomic mass is 16.1. The van der Waals surface area contributed by atoms with Crippen molar-refractivity contribution in [2.45, 2.75) is 45.1 Å². The van der Waals surface area contributed by atoms with Gasteiger partial charge in [-0.3, -0.25) is 9.78 Å². The zero-order chi connectivity index (χ0) is 12.2. The topological polar surface area (TPSA) is 36.7 Å². The van der Waals surface area contributed by atoms with Gasteiger partial charge in [-0.05, 0) is 56.3 Å². The Bertz CT molecular complexity index is 428. The second-order valence-corrected chi connectivity index (χ2v) is 6.90. The van der Waals surface area contributed by atoms with Crippen LogP contribution in [0.15, 0.2) is 18.7 Å². The molecule has 4 aliphatic rings. The molecule has 0 aromatic carbocycles. The van der Waals surface area contributed by atoms with Gasteiger partial charge in [0.1, 0.15) is 18.9 Å². The third-order valence-electron chi connectivity index (χ3n) is 5.56. The Balaban J connectivity index is 1.58. The third kappa shape index (κ3) is 1.56. The van der Waals surface area contributed by atoms with Crippen molar-refractivity contribution in [3.8, 4) is 0 Å². The molecule has 4 saturated carbocycles. The standard InChI is InChI=1S/C15H20N2O/c18-14(9-17-2-1-16-10-17)15-6-11-3-12(7-15)5-13(4-11)8-15/h1-2,10-13H,3-9H2/p+1. The van der Waals surface area contributed by atoms with Crippen LogP contribution in [0.2, 0.25) is 0 Å². The Morgan fingerprint density at radius 2 is 1.78 bits per heavy atom. The molecule has 0 saturated heterocycles. The van der Waals surface area contributed by atoms with Crippen molar-refractivity contribution in [2.75, 3.05) is 0 Å². The Morgan fingerprint density at radius 1 is 1.17 bits per heavy atom. The van der Waals surface area contributed by atoms with Crippen LogP contribution in [0.3, 0.4) is 0 Å². The van der Waals surface area contributed by atoms with E-state index in [1.165, 1.54) is 38.5 Å². The number of carbonyl (C=O) groups is 1. The Kier molecular flexibility index (Phi) is 2.21. The fourth-order valence-electron chi connectivity index (χ4n) is 5.20. The number of nitrogens with one attached hydrogen (secondary N) is 1. The summed E-state index contributed by atoms with van der Waals surface area (Å²) in [7, 11) is 0. The summed E-state index contributed by atoms with van der Waals surface area (Å²) in [5, 5.41) is 0. The first-order valence-corrected chi connectivity index (χ1v) is 7.29. The minimum absolute atomic E-state index is 0.0546. The first-order chi connectivity index (χ1) is 8.73. The highest BCUT2D eigenvalue weighted by Crippen LogP contribution is 2.60. The van der Waals surface area contributed by atoms with Gasteiger partial charge < -0.3 is 0 Å². The molecular formula is C15H21N2O+. The first-order valence-electron chi connectivity index (χ1n) is 7.29. The van der Waals surface area contributed by atoms with Crippen molar-refractivity contribution in [1.82, 2.24) is 4.98 Å². The van der Waals surface area contributed by atoms with E-state index in [0.717, 1.165) is 17.8 Å². The van der Waals surface area contributed by atoms with Crippen LogP contribution in [0.4, 0.5) is 0 Å². The summed E-state index contributed by atoms with van der Waals surface area (Å²) in [5.74, 6) is 3.07. The zero-order valence-corrected chi connectivity index (χ0v) is 10.8. The molecule has 1 N–H and O–H groups in total. The number of carbonyl (C=O) groups excluding carboxylic acids is 1. The fraction of sp³-hybridized carbons (Fsp3) is 0.733. The van der Waals surface area contributed by atoms with Gasteiger partial charge in [-0.15, -0.1) is 0 Å². The molecule has 0 unspecified atom stereocenters. The van der Waals surface area contributed by atoms with Crippen LogP contribution in [-0.4, -0.2) is 10.8 Å². The van der Waals surface area contributed by atoms with E-state index in [1.807, 2.05) is 23.3 Å². The summed E-state index contributed by atoms with van der Waals surface area (Å²) in [4.78, 5) is 15.7. The van der Waals surface area contributed by atoms with E-state index in [0.29, 0.717) is 12.3 Å². The third-order valence-corrected chi connectivity index (χ3v) is 5.56. The minimum atomic E-state index is 0.0546. The number of imidazole rings is 1. The maximum Gasteiger partial charge on any atom is 0.241 e. The van der Waals surface area contributed by atoms with Gasteiger partial charge in [0.15, 0.2) is 5.78 Å². The van der Waals surface area contributed by atoms with Crippen LogP contribution in [0.25, 0.3) is 0 Å². The van der Waals surface area contributed by atoms with Crippen LogP contribution in [0.5, 0.6) is 0 Å². The first kappa shape index (κ1) is 10.8. The van der Waals surface area contributed by atoms with Gasteiger partial charge in [0.25, 0.3) is 0 Å². The van der Waals surface area contributed by atoms with E-state index in [-0.39, 0.29) is 5.41 Å². The zero-order valence-electron chi connectivity index (χ0n) is 10.8. The van der Waals surface area contributed by atoms with Crippen molar-refractivity contribution < 1.29 is 9.36 Å². The molecule has 4 aliphatic carbocycles. The smallest absolute Gasteiger partial charge is 0.241 e. The molecule has 3 heteroatoms. The maximum atomic E-state index is 12.7. The summed E-state index contributed by atoms with van der Waals surface area (Å²) >= 11 is 0. The average molecular weight is 245 g/mol. The number of H-pyrrole nitrogens is 1. The SMILES string of the molecule is O=C(C[n+]1cc[nH]c1)C12CC3CC(CC(C3)C1)C2. The van der Waals surface area contributed by atoms with E-state index >= 15 is 0 Å². The summed E-state index contributed by atoms with van der Waals surface area (Å²) in [6.07, 6.45) is 13.5. The lowest BCUT2D eigenvalue weighted by atomic mass is 9.48. The Morgan fingerprint density at radius 3 is 2.28 bits per heavy atom. The number of hydrogen-bond donors (Lipinski definition) is 1. The molecule has 3 nitrogen and oxygen atoms in total. The predicted molar refractivity (Wildman–Crippen MR) is 66.6 cm³/mol. The highest BCUT2D eigenvalue weighted by Gasteiger charge is 2.54. The molecule has 4 bridgehead atoms. The average Bonchev–Trinajstić information content (AvgIpc) is 2.79. The van der Waals surface area contributed by atoms with E-state index in [1.54, 1.807) is 0 Å². The number of hydrogen-bond acceptors (Lipinski definition) is 1. The summed E-state index contributed by atoms with van der Waals surface area (Å²) in [6, 6.07) is 0. The lowest BCUT2D eigenvalue weighted by Crippen LogP contribution is -2.53. The second-order valence-electron chi connectivity index (χ2n) is 6.90. The Hall–Kier alpha value is -1.12. The summed E-state index contributed by atoms with van der Waals surface area (Å²) < 4.78 is 1.99. The predicted octanol–water partition coefficient (Wildman–Crippen LogP) is 2.09. The quantitative estimate of drug-likeness (QED) is 0.813. The summed E-state index contributed by atoms with van der Waals surface area (Å²) in [5.41, 5.74) is 0.0546. The molecule has 18 heavy (non-hydrogen) atoms. The van der Waals surface area contributed by atoms with Crippen LogP contribution < -0.4 is 4.57 Å². The van der Waals surface area contributed by atoms with Gasteiger partial charge in [0.2, 0.25) is 6.33 Å². The van der Waals surface area contributed by atoms with Crippen LogP contribution in [-0.2, 0) is 11.3 Å². The van der Waals surface area contributed by atoms with E-state index < -0.39 is 0 Å². The van der Waals surface area contributed by atoms with E-state index in [2.05, 4.69) is 4.98 Å². The second kappa shape index (κ2) is 3.69. The molecule has 0 aliphatic heterocycles. The molecule has 5 rings (SSSR count). The van der Waals surface area contributed by atoms with Crippen molar-refractivity contribution in [1.29, 1.82) is 0 Å². The van der Waals surface area contributed by atoms with Crippen molar-refractivity contribution in [3.63, 3.8) is 0 Å². The molecule has 0 amide bonds. The number of aromatic nitrogens is 2. The van der Waals surface area contributed by atoms with Gasteiger partial charge >= 0.3 is 0 Å². The fourth-order valence-corrected chi connectivity index (χ4v) is 5.20. The van der Waals surface area contributed by atoms with Gasteiger partial charge in [0.05, 0.1) is 0 Å². The monoisotopic (exact) mass is 245 g/mol. The van der Waals surface area contributed by atoms with Crippen LogP contribution in [0.1, 0.15) is 38.5 Å². The molecule has 96 valence electrons. The van der Waals surface area contributed by atoms with Gasteiger partial charge in [0, 0.05) is 5.41 Å². The van der Waals surface area contributed by atoms with E-state index in [4.69, 9.17) is 0 Å². The normalized spacial score (nSPS) is 41.2. The molecule has 1 aromatic rings. The molecule has 1 aromatic heterocycles. The van der Waals surface area contributed by atoms with Crippen LogP contribution in [0, 0.1) is 23.2 Å². The number of ketones is 1. The van der Waals surface area contributed by atoms with Gasteiger partial charge in [-0.1, -0.05) is 0 Å². The summed E-state index contributed by atoms with van der Waals surface area (Å²) in [6.45, 7) is 0.565. The molecule has 1 heterocycles. The lowest BCUT2D eigenvalue weighted by molar-refractivity contribution is -0.683. The van der Waals surface area contributed by atoms with Crippen molar-refractivity contribution in [2.24, 2.45) is 23.2 Å². The van der Waals surface area contributed by atoms with Gasteiger partial charge in [-0.2, -0.15) is 0 Å². The van der Waals surface area contributed by atoms with Gasteiger partial charge in [-0.25, -0.2) is 4.57 Å². The van der Waals surface area contributed by atoms with Crippen molar-refractivity contribution in [3.05, 3.63) is 18.7 Å². The minimum Gasteiger partial charge on any atom is -0.295 e. The Labute approximate surface area is 108 Å². The molecule has 0 atom stereocenters. The number of nitrogens with zero attached hydrogens (tertiary/aromatic N) is 1. The van der Waals surface area contributed by atoms with E-state index in [9.17, 15) is 4.79 Å². The highest BCUT2D eigenvalue weighted by molar-refractivity contribution is 5.84.